The summed E-state index contributed by atoms with van der Waals surface area (Å²) in [7, 11) is -4.33. The van der Waals surface area contributed by atoms with E-state index in [0.29, 0.717) is 0 Å². The highest BCUT2D eigenvalue weighted by Crippen LogP contribution is 2.21. The number of hydrogen-bond acceptors (Lipinski definition) is 4. The fraction of sp³-hybridized carbons (Fsp3) is 0. The van der Waals surface area contributed by atoms with Gasteiger partial charge in [0.25, 0.3) is 10.1 Å². The molecule has 0 fully saturated rings. The Morgan fingerprint density at radius 1 is 1.25 bits per heavy atom. The number of benzene rings is 1. The van der Waals surface area contributed by atoms with E-state index in [-0.39, 0.29) is 5.75 Å². The lowest BCUT2D eigenvalue weighted by Gasteiger charge is -2.01. The van der Waals surface area contributed by atoms with Crippen molar-refractivity contribution in [2.24, 2.45) is 0 Å². The van der Waals surface area contributed by atoms with E-state index in [9.17, 15) is 8.42 Å². The van der Waals surface area contributed by atoms with Gasteiger partial charge in [-0.3, -0.25) is 4.55 Å². The number of rotatable bonds is 2. The van der Waals surface area contributed by atoms with Crippen LogP contribution in [0.5, 0.6) is 5.75 Å². The van der Waals surface area contributed by atoms with E-state index >= 15 is 0 Å². The third-order valence-electron chi connectivity index (χ3n) is 1.23. The van der Waals surface area contributed by atoms with Crippen LogP contribution in [0.2, 0.25) is 0 Å². The smallest absolute Gasteiger partial charge is 0.298 e. The molecule has 12 heavy (non-hydrogen) atoms. The van der Waals surface area contributed by atoms with Gasteiger partial charge >= 0.3 is 0 Å². The largest absolute Gasteiger partial charge is 0.339 e. The monoisotopic (exact) mass is 190 g/mol. The Labute approximate surface area is 68.9 Å². The van der Waals surface area contributed by atoms with Crippen LogP contribution in [0.25, 0.3) is 0 Å². The van der Waals surface area contributed by atoms with Gasteiger partial charge in [0.1, 0.15) is 4.90 Å². The Bertz CT molecular complexity index is 369. The molecule has 0 spiro atoms. The zero-order valence-electron chi connectivity index (χ0n) is 5.84. The lowest BCUT2D eigenvalue weighted by Crippen LogP contribution is -2.00. The second-order valence-corrected chi connectivity index (χ2v) is 3.40. The van der Waals surface area contributed by atoms with E-state index in [1.807, 2.05) is 0 Å². The minimum atomic E-state index is -4.33. The van der Waals surface area contributed by atoms with Gasteiger partial charge < -0.3 is 4.89 Å². The van der Waals surface area contributed by atoms with Crippen molar-refractivity contribution in [2.75, 3.05) is 0 Å². The number of para-hydroxylation sites is 1. The topological polar surface area (TPSA) is 83.8 Å². The lowest BCUT2D eigenvalue weighted by molar-refractivity contribution is -0.140. The molecule has 0 amide bonds. The van der Waals surface area contributed by atoms with E-state index in [2.05, 4.69) is 4.89 Å². The van der Waals surface area contributed by atoms with Gasteiger partial charge in [-0.2, -0.15) is 8.42 Å². The molecule has 0 aromatic heterocycles. The minimum absolute atomic E-state index is 0.306. The van der Waals surface area contributed by atoms with Gasteiger partial charge in [-0.05, 0) is 12.1 Å². The van der Waals surface area contributed by atoms with Crippen LogP contribution in [-0.4, -0.2) is 18.2 Å². The summed E-state index contributed by atoms with van der Waals surface area (Å²) < 4.78 is 29.7. The summed E-state index contributed by atoms with van der Waals surface area (Å²) in [6.45, 7) is 0. The molecule has 1 aromatic rings. The van der Waals surface area contributed by atoms with E-state index in [1.54, 1.807) is 0 Å². The van der Waals surface area contributed by atoms with Crippen LogP contribution in [0.1, 0.15) is 0 Å². The predicted octanol–water partition coefficient (Wildman–Crippen LogP) is 0.785. The summed E-state index contributed by atoms with van der Waals surface area (Å²) in [5, 5.41) is 8.21. The summed E-state index contributed by atoms with van der Waals surface area (Å²) in [5.41, 5.74) is 0. The Morgan fingerprint density at radius 3 is 2.25 bits per heavy atom. The number of hydrogen-bond donors (Lipinski definition) is 2. The first-order chi connectivity index (χ1) is 5.55. The van der Waals surface area contributed by atoms with Crippen LogP contribution < -0.4 is 4.89 Å². The Morgan fingerprint density at radius 2 is 1.83 bits per heavy atom. The SMILES string of the molecule is O=S(=O)(O)c1ccccc1OO. The molecule has 0 saturated heterocycles. The first-order valence-electron chi connectivity index (χ1n) is 2.93. The fourth-order valence-electron chi connectivity index (χ4n) is 0.739. The van der Waals surface area contributed by atoms with Crippen LogP contribution in [0.3, 0.4) is 0 Å². The Balaban J connectivity index is 3.33. The van der Waals surface area contributed by atoms with Gasteiger partial charge in [0.2, 0.25) is 0 Å². The molecule has 5 nitrogen and oxygen atoms in total. The summed E-state index contributed by atoms with van der Waals surface area (Å²) >= 11 is 0. The molecule has 1 rings (SSSR count). The highest BCUT2D eigenvalue weighted by Gasteiger charge is 2.15. The maximum absolute atomic E-state index is 10.6. The average molecular weight is 190 g/mol. The highest BCUT2D eigenvalue weighted by molar-refractivity contribution is 7.86. The zero-order valence-corrected chi connectivity index (χ0v) is 6.65. The standard InChI is InChI=1S/C6H6O5S/c7-11-5-3-1-2-4-6(5)12(8,9)10/h1-4,7H,(H,8,9,10). The summed E-state index contributed by atoms with van der Waals surface area (Å²) in [4.78, 5) is 3.27. The molecular weight excluding hydrogens is 184 g/mol. The summed E-state index contributed by atoms with van der Waals surface area (Å²) in [5.74, 6) is -0.306. The Hall–Kier alpha value is -1.11. The molecule has 0 unspecified atom stereocenters. The third kappa shape index (κ3) is 1.73. The van der Waals surface area contributed by atoms with Crippen molar-refractivity contribution in [3.63, 3.8) is 0 Å². The van der Waals surface area contributed by atoms with Crippen molar-refractivity contribution < 1.29 is 23.1 Å². The highest BCUT2D eigenvalue weighted by atomic mass is 32.2. The van der Waals surface area contributed by atoms with Crippen LogP contribution in [0, 0.1) is 0 Å². The molecule has 6 heteroatoms. The van der Waals surface area contributed by atoms with E-state index < -0.39 is 15.0 Å². The molecule has 0 bridgehead atoms. The molecule has 0 aliphatic heterocycles. The van der Waals surface area contributed by atoms with E-state index in [0.717, 1.165) is 6.07 Å². The van der Waals surface area contributed by atoms with Crippen molar-refractivity contribution in [3.05, 3.63) is 24.3 Å². The van der Waals surface area contributed by atoms with Crippen molar-refractivity contribution in [2.45, 2.75) is 4.90 Å². The van der Waals surface area contributed by atoms with Crippen molar-refractivity contribution in [1.82, 2.24) is 0 Å². The zero-order chi connectivity index (χ0) is 9.19. The second-order valence-electron chi connectivity index (χ2n) is 2.01. The van der Waals surface area contributed by atoms with Gasteiger partial charge in [-0.15, -0.1) is 0 Å². The molecule has 0 aliphatic rings. The third-order valence-corrected chi connectivity index (χ3v) is 2.12. The van der Waals surface area contributed by atoms with Gasteiger partial charge in [0, 0.05) is 0 Å². The molecule has 2 N–H and O–H groups in total. The first-order valence-corrected chi connectivity index (χ1v) is 4.37. The summed E-state index contributed by atoms with van der Waals surface area (Å²) in [6, 6.07) is 5.18. The van der Waals surface area contributed by atoms with Crippen molar-refractivity contribution >= 4 is 10.1 Å². The fourth-order valence-corrected chi connectivity index (χ4v) is 1.35. The van der Waals surface area contributed by atoms with Crippen molar-refractivity contribution in [1.29, 1.82) is 0 Å². The predicted molar refractivity (Wildman–Crippen MR) is 39.5 cm³/mol. The van der Waals surface area contributed by atoms with Crippen LogP contribution >= 0.6 is 0 Å². The first kappa shape index (κ1) is 8.98. The molecule has 0 radical (unpaired) electrons. The van der Waals surface area contributed by atoms with Gasteiger partial charge in [-0.1, -0.05) is 12.1 Å². The average Bonchev–Trinajstić information content (AvgIpc) is 2.03. The maximum atomic E-state index is 10.6. The second kappa shape index (κ2) is 3.10. The molecule has 0 saturated carbocycles. The molecular formula is C6H6O5S. The Kier molecular flexibility index (Phi) is 2.32. The van der Waals surface area contributed by atoms with Gasteiger partial charge in [0.15, 0.2) is 5.75 Å². The van der Waals surface area contributed by atoms with Gasteiger partial charge in [0.05, 0.1) is 0 Å². The normalized spacial score (nSPS) is 11.2. The van der Waals surface area contributed by atoms with Crippen LogP contribution in [0.15, 0.2) is 29.2 Å². The molecule has 0 atom stereocenters. The minimum Gasteiger partial charge on any atom is -0.339 e. The van der Waals surface area contributed by atoms with E-state index in [4.69, 9.17) is 9.81 Å². The van der Waals surface area contributed by atoms with Crippen LogP contribution in [0.4, 0.5) is 0 Å². The van der Waals surface area contributed by atoms with Gasteiger partial charge in [-0.25, -0.2) is 5.26 Å². The molecule has 1 aromatic carbocycles. The lowest BCUT2D eigenvalue weighted by atomic mass is 10.3. The van der Waals surface area contributed by atoms with Crippen LogP contribution in [-0.2, 0) is 10.1 Å². The quantitative estimate of drug-likeness (QED) is 0.409. The molecule has 0 aliphatic carbocycles. The van der Waals surface area contributed by atoms with Crippen molar-refractivity contribution in [3.8, 4) is 5.75 Å². The molecule has 66 valence electrons. The van der Waals surface area contributed by atoms with E-state index in [1.165, 1.54) is 18.2 Å². The maximum Gasteiger partial charge on any atom is 0.298 e. The summed E-state index contributed by atoms with van der Waals surface area (Å²) in [6.07, 6.45) is 0. The molecule has 0 heterocycles.